The summed E-state index contributed by atoms with van der Waals surface area (Å²) >= 11 is 8.24. The van der Waals surface area contributed by atoms with E-state index in [4.69, 9.17) is 21.1 Å². The first-order valence-corrected chi connectivity index (χ1v) is 12.1. The molecule has 1 aliphatic heterocycles. The predicted molar refractivity (Wildman–Crippen MR) is 124 cm³/mol. The second-order valence-electron chi connectivity index (χ2n) is 6.86. The van der Waals surface area contributed by atoms with Crippen LogP contribution in [-0.2, 0) is 19.7 Å². The number of nitrogens with one attached hydrogen (secondary N) is 2. The van der Waals surface area contributed by atoms with Crippen molar-refractivity contribution in [1.29, 1.82) is 0 Å². The van der Waals surface area contributed by atoms with Gasteiger partial charge in [-0.25, -0.2) is 8.78 Å². The monoisotopic (exact) mass is 587 g/mol. The molecule has 1 aliphatic rings. The summed E-state index contributed by atoms with van der Waals surface area (Å²) in [6.07, 6.45) is 0.643. The molecule has 0 atom stereocenters. The molecular weight excluding hydrogens is 567 g/mol. The van der Waals surface area contributed by atoms with Gasteiger partial charge in [0.05, 0.1) is 16.4 Å². The number of ether oxygens (including phenoxy) is 2. The van der Waals surface area contributed by atoms with Gasteiger partial charge in [0.2, 0.25) is 0 Å². The topological polar surface area (TPSA) is 79.9 Å². The van der Waals surface area contributed by atoms with Crippen LogP contribution in [0.1, 0.15) is 12.8 Å². The molecule has 0 aromatic heterocycles. The molecule has 2 aromatic carbocycles. The van der Waals surface area contributed by atoms with Crippen molar-refractivity contribution in [3.63, 3.8) is 0 Å². The number of halogens is 4. The van der Waals surface area contributed by atoms with Crippen LogP contribution in [0.4, 0.5) is 25.8 Å². The lowest BCUT2D eigenvalue weighted by Gasteiger charge is -2.38. The average Bonchev–Trinajstić information content (AvgIpc) is 2.74. The Kier molecular flexibility index (Phi) is 7.64. The van der Waals surface area contributed by atoms with E-state index >= 15 is 0 Å². The number of benzene rings is 2. The second kappa shape index (κ2) is 9.71. The van der Waals surface area contributed by atoms with Gasteiger partial charge >= 0.3 is 10.2 Å². The Hall–Kier alpha value is -1.25. The highest BCUT2D eigenvalue weighted by molar-refractivity contribution is 14.1. The maximum Gasteiger partial charge on any atom is 0.301 e. The SMILES string of the molecule is COC1(OC)CCN(S(=O)(=O)Nc2ccc(F)c(F)c2Nc2ccc(I)cc2Cl)CC1. The van der Waals surface area contributed by atoms with E-state index in [1.165, 1.54) is 18.5 Å². The summed E-state index contributed by atoms with van der Waals surface area (Å²) in [6, 6.07) is 6.95. The van der Waals surface area contributed by atoms with E-state index in [1.807, 2.05) is 0 Å². The third kappa shape index (κ3) is 5.40. The first kappa shape index (κ1) is 24.4. The number of piperidine rings is 1. The summed E-state index contributed by atoms with van der Waals surface area (Å²) in [6.45, 7) is 0.263. The van der Waals surface area contributed by atoms with Crippen molar-refractivity contribution >= 4 is 61.5 Å². The summed E-state index contributed by atoms with van der Waals surface area (Å²) in [7, 11) is -1.05. The van der Waals surface area contributed by atoms with Crippen molar-refractivity contribution in [3.05, 3.63) is 50.6 Å². The molecule has 0 spiro atoms. The van der Waals surface area contributed by atoms with E-state index in [9.17, 15) is 17.2 Å². The van der Waals surface area contributed by atoms with E-state index in [1.54, 1.807) is 18.2 Å². The van der Waals surface area contributed by atoms with Crippen molar-refractivity contribution < 1.29 is 26.7 Å². The van der Waals surface area contributed by atoms with Crippen LogP contribution in [0.25, 0.3) is 0 Å². The van der Waals surface area contributed by atoms with Crippen molar-refractivity contribution in [2.75, 3.05) is 37.3 Å². The van der Waals surface area contributed by atoms with Crippen LogP contribution >= 0.6 is 34.2 Å². The number of nitrogens with zero attached hydrogens (tertiary/aromatic N) is 1. The van der Waals surface area contributed by atoms with Gasteiger partial charge in [0.25, 0.3) is 0 Å². The standard InChI is InChI=1S/C19H21ClF2IN3O4S/c1-29-19(30-2)7-9-26(10-8-19)31(27,28)25-16-6-4-14(21)17(22)18(16)24-15-5-3-12(23)11-13(15)20/h3-6,11,24-25H,7-10H2,1-2H3. The van der Waals surface area contributed by atoms with Gasteiger partial charge in [-0.05, 0) is 52.9 Å². The Morgan fingerprint density at radius 1 is 1.10 bits per heavy atom. The van der Waals surface area contributed by atoms with Gasteiger partial charge in [-0.2, -0.15) is 12.7 Å². The molecule has 0 amide bonds. The lowest BCUT2D eigenvalue weighted by molar-refractivity contribution is -0.224. The molecule has 170 valence electrons. The van der Waals surface area contributed by atoms with Gasteiger partial charge < -0.3 is 14.8 Å². The normalized spacial score (nSPS) is 16.8. The van der Waals surface area contributed by atoms with Crippen LogP contribution in [0, 0.1) is 15.2 Å². The number of rotatable bonds is 7. The number of methoxy groups -OCH3 is 2. The van der Waals surface area contributed by atoms with Crippen LogP contribution in [-0.4, -0.2) is 45.8 Å². The molecule has 3 rings (SSSR count). The van der Waals surface area contributed by atoms with Crippen molar-refractivity contribution in [3.8, 4) is 0 Å². The smallest absolute Gasteiger partial charge is 0.301 e. The quantitative estimate of drug-likeness (QED) is 0.363. The summed E-state index contributed by atoms with van der Waals surface area (Å²) in [4.78, 5) is 0. The summed E-state index contributed by atoms with van der Waals surface area (Å²) < 4.78 is 69.5. The summed E-state index contributed by atoms with van der Waals surface area (Å²) in [5.41, 5.74) is -0.217. The lowest BCUT2D eigenvalue weighted by atomic mass is 10.1. The molecule has 31 heavy (non-hydrogen) atoms. The molecule has 0 saturated carbocycles. The van der Waals surface area contributed by atoms with Crippen molar-refractivity contribution in [2.45, 2.75) is 18.6 Å². The molecule has 12 heteroatoms. The molecule has 1 heterocycles. The van der Waals surface area contributed by atoms with Gasteiger partial charge in [-0.1, -0.05) is 11.6 Å². The van der Waals surface area contributed by atoms with Gasteiger partial charge in [-0.15, -0.1) is 0 Å². The minimum Gasteiger partial charge on any atom is -0.353 e. The highest BCUT2D eigenvalue weighted by atomic mass is 127. The first-order chi connectivity index (χ1) is 14.6. The van der Waals surface area contributed by atoms with Crippen LogP contribution in [0.2, 0.25) is 5.02 Å². The van der Waals surface area contributed by atoms with E-state index in [0.717, 1.165) is 15.7 Å². The number of hydrogen-bond acceptors (Lipinski definition) is 5. The predicted octanol–water partition coefficient (Wildman–Crippen LogP) is 4.71. The highest BCUT2D eigenvalue weighted by Crippen LogP contribution is 2.35. The zero-order valence-electron chi connectivity index (χ0n) is 16.7. The summed E-state index contributed by atoms with van der Waals surface area (Å²) in [5.74, 6) is -3.20. The molecule has 0 bridgehead atoms. The molecule has 0 radical (unpaired) electrons. The van der Waals surface area contributed by atoms with Crippen LogP contribution in [0.5, 0.6) is 0 Å². The van der Waals surface area contributed by atoms with E-state index in [-0.39, 0.29) is 29.5 Å². The van der Waals surface area contributed by atoms with Gasteiger partial charge in [0.15, 0.2) is 17.4 Å². The lowest BCUT2D eigenvalue weighted by Crippen LogP contribution is -2.50. The third-order valence-electron chi connectivity index (χ3n) is 5.09. The zero-order valence-corrected chi connectivity index (χ0v) is 20.4. The third-order valence-corrected chi connectivity index (χ3v) is 7.60. The van der Waals surface area contributed by atoms with E-state index in [2.05, 4.69) is 32.6 Å². The highest BCUT2D eigenvalue weighted by Gasteiger charge is 2.38. The number of anilines is 3. The second-order valence-corrected chi connectivity index (χ2v) is 10.2. The fourth-order valence-corrected chi connectivity index (χ4v) is 5.39. The zero-order chi connectivity index (χ0) is 22.8. The Bertz CT molecular complexity index is 1060. The molecule has 0 unspecified atom stereocenters. The van der Waals surface area contributed by atoms with E-state index in [0.29, 0.717) is 18.5 Å². The van der Waals surface area contributed by atoms with Crippen LogP contribution in [0.15, 0.2) is 30.3 Å². The molecule has 2 aromatic rings. The summed E-state index contributed by atoms with van der Waals surface area (Å²) in [5, 5.41) is 2.97. The maximum atomic E-state index is 14.6. The van der Waals surface area contributed by atoms with Crippen molar-refractivity contribution in [1.82, 2.24) is 4.31 Å². The van der Waals surface area contributed by atoms with Gasteiger partial charge in [0, 0.05) is 43.7 Å². The Morgan fingerprint density at radius 3 is 2.29 bits per heavy atom. The average molecular weight is 588 g/mol. The van der Waals surface area contributed by atoms with Crippen LogP contribution in [0.3, 0.4) is 0 Å². The van der Waals surface area contributed by atoms with E-state index < -0.39 is 27.6 Å². The fraction of sp³-hybridized carbons (Fsp3) is 0.368. The molecule has 7 nitrogen and oxygen atoms in total. The molecule has 1 saturated heterocycles. The Balaban J connectivity index is 1.87. The largest absolute Gasteiger partial charge is 0.353 e. The van der Waals surface area contributed by atoms with Gasteiger partial charge in [0.1, 0.15) is 5.69 Å². The van der Waals surface area contributed by atoms with Crippen molar-refractivity contribution in [2.24, 2.45) is 0 Å². The Morgan fingerprint density at radius 2 is 1.71 bits per heavy atom. The molecule has 0 aliphatic carbocycles. The Labute approximate surface area is 198 Å². The minimum absolute atomic E-state index is 0.131. The minimum atomic E-state index is -4.06. The molecule has 2 N–H and O–H groups in total. The molecule has 1 fully saturated rings. The fourth-order valence-electron chi connectivity index (χ4n) is 3.25. The number of hydrogen-bond donors (Lipinski definition) is 2. The van der Waals surface area contributed by atoms with Crippen LogP contribution < -0.4 is 10.0 Å². The molecular formula is C19H21ClF2IN3O4S. The maximum absolute atomic E-state index is 14.6. The first-order valence-electron chi connectivity index (χ1n) is 9.19. The van der Waals surface area contributed by atoms with Gasteiger partial charge in [-0.3, -0.25) is 4.72 Å².